The fraction of sp³-hybridized carbons (Fsp3) is 0.357. The van der Waals surface area contributed by atoms with Crippen LogP contribution in [0.5, 0.6) is 0 Å². The first kappa shape index (κ1) is 16.6. The molecule has 0 heterocycles. The van der Waals surface area contributed by atoms with Crippen molar-refractivity contribution in [3.8, 4) is 0 Å². The van der Waals surface area contributed by atoms with E-state index in [0.29, 0.717) is 12.0 Å². The summed E-state index contributed by atoms with van der Waals surface area (Å²) in [5.41, 5.74) is 0.426. The molecule has 1 rings (SSSR count). The van der Waals surface area contributed by atoms with Gasteiger partial charge in [0, 0.05) is 20.7 Å². The molecule has 0 saturated carbocycles. The predicted molar refractivity (Wildman–Crippen MR) is 78.3 cm³/mol. The lowest BCUT2D eigenvalue weighted by Gasteiger charge is -2.27. The fourth-order valence-electron chi connectivity index (χ4n) is 1.70. The zero-order valence-corrected chi connectivity index (χ0v) is 12.1. The third-order valence-corrected chi connectivity index (χ3v) is 2.75. The predicted octanol–water partition coefficient (Wildman–Crippen LogP) is 1.10. The molecule has 0 radical (unpaired) electrons. The molecule has 0 spiro atoms. The highest BCUT2D eigenvalue weighted by Gasteiger charge is 2.27. The summed E-state index contributed by atoms with van der Waals surface area (Å²) in [6.07, 6.45) is 0.612. The number of methoxy groups -OCH3 is 1. The molecule has 0 atom stereocenters. The number of nitrogens with one attached hydrogen (secondary N) is 1. The molecule has 0 aliphatic heterocycles. The van der Waals surface area contributed by atoms with Gasteiger partial charge in [-0.3, -0.25) is 0 Å². The minimum atomic E-state index is -0.579. The fourth-order valence-corrected chi connectivity index (χ4v) is 1.70. The summed E-state index contributed by atoms with van der Waals surface area (Å²) < 4.78 is 4.91. The van der Waals surface area contributed by atoms with Crippen molar-refractivity contribution in [1.29, 1.82) is 0 Å². The van der Waals surface area contributed by atoms with Crippen molar-refractivity contribution in [2.75, 3.05) is 38.8 Å². The number of hydrogen-bond acceptors (Lipinski definition) is 4. The molecule has 0 fully saturated rings. The molecule has 0 aromatic heterocycles. The van der Waals surface area contributed by atoms with E-state index in [-0.39, 0.29) is 19.7 Å². The minimum Gasteiger partial charge on any atom is -0.383 e. The Morgan fingerprint density at radius 3 is 2.48 bits per heavy atom. The average Bonchev–Trinajstić information content (AvgIpc) is 2.52. The van der Waals surface area contributed by atoms with Gasteiger partial charge in [0.05, 0.1) is 18.8 Å². The van der Waals surface area contributed by atoms with Crippen molar-refractivity contribution in [1.82, 2.24) is 10.2 Å². The van der Waals surface area contributed by atoms with Crippen LogP contribution in [0.3, 0.4) is 0 Å². The first-order chi connectivity index (χ1) is 10.2. The van der Waals surface area contributed by atoms with E-state index < -0.39 is 12.1 Å². The summed E-state index contributed by atoms with van der Waals surface area (Å²) in [5, 5.41) is 2.42. The van der Waals surface area contributed by atoms with Crippen molar-refractivity contribution in [3.63, 3.8) is 0 Å². The maximum Gasteiger partial charge on any atom is 0.333 e. The van der Waals surface area contributed by atoms with E-state index in [1.165, 1.54) is 19.1 Å². The number of hydrogen-bond donors (Lipinski definition) is 1. The van der Waals surface area contributed by atoms with Gasteiger partial charge in [0.15, 0.2) is 0 Å². The minimum absolute atomic E-state index is 0.109. The Hall–Kier alpha value is -2.41. The SMILES string of the molecule is CNC(=O)N(C(=O)N(CC=O)CCOC)c1ccccc1. The smallest absolute Gasteiger partial charge is 0.333 e. The highest BCUT2D eigenvalue weighted by Crippen LogP contribution is 2.15. The Labute approximate surface area is 123 Å². The highest BCUT2D eigenvalue weighted by molar-refractivity contribution is 6.13. The number of para-hydroxylation sites is 1. The largest absolute Gasteiger partial charge is 0.383 e. The van der Waals surface area contributed by atoms with Gasteiger partial charge in [-0.25, -0.2) is 14.5 Å². The number of anilines is 1. The van der Waals surface area contributed by atoms with Gasteiger partial charge >= 0.3 is 12.1 Å². The lowest BCUT2D eigenvalue weighted by molar-refractivity contribution is -0.108. The zero-order valence-electron chi connectivity index (χ0n) is 12.1. The van der Waals surface area contributed by atoms with Gasteiger partial charge in [-0.1, -0.05) is 18.2 Å². The van der Waals surface area contributed by atoms with Crippen LogP contribution < -0.4 is 10.2 Å². The van der Waals surface area contributed by atoms with Crippen LogP contribution in [0, 0.1) is 0 Å². The van der Waals surface area contributed by atoms with Crippen molar-refractivity contribution >= 4 is 24.0 Å². The Morgan fingerprint density at radius 2 is 1.95 bits per heavy atom. The third-order valence-electron chi connectivity index (χ3n) is 2.75. The van der Waals surface area contributed by atoms with Gasteiger partial charge in [0.1, 0.15) is 6.29 Å². The normalized spacial score (nSPS) is 9.81. The number of imide groups is 1. The molecule has 1 aromatic rings. The van der Waals surface area contributed by atoms with Crippen LogP contribution in [0.1, 0.15) is 0 Å². The third kappa shape index (κ3) is 4.57. The van der Waals surface area contributed by atoms with Gasteiger partial charge in [-0.05, 0) is 12.1 Å². The zero-order chi connectivity index (χ0) is 15.7. The van der Waals surface area contributed by atoms with Crippen molar-refractivity contribution in [2.24, 2.45) is 0 Å². The van der Waals surface area contributed by atoms with Crippen molar-refractivity contribution in [3.05, 3.63) is 30.3 Å². The second-order valence-electron chi connectivity index (χ2n) is 4.11. The maximum absolute atomic E-state index is 12.5. The summed E-state index contributed by atoms with van der Waals surface area (Å²) >= 11 is 0. The van der Waals surface area contributed by atoms with Crippen LogP contribution in [0.15, 0.2) is 30.3 Å². The first-order valence-electron chi connectivity index (χ1n) is 6.44. The van der Waals surface area contributed by atoms with Crippen LogP contribution in [0.2, 0.25) is 0 Å². The van der Waals surface area contributed by atoms with E-state index in [1.54, 1.807) is 30.3 Å². The number of aldehydes is 1. The molecule has 21 heavy (non-hydrogen) atoms. The first-order valence-corrected chi connectivity index (χ1v) is 6.44. The van der Waals surface area contributed by atoms with E-state index in [0.717, 1.165) is 4.90 Å². The molecule has 1 N–H and O–H groups in total. The number of nitrogens with zero attached hydrogens (tertiary/aromatic N) is 2. The summed E-state index contributed by atoms with van der Waals surface area (Å²) in [6.45, 7) is 0.382. The molecule has 1 aromatic carbocycles. The second-order valence-corrected chi connectivity index (χ2v) is 4.11. The van der Waals surface area contributed by atoms with E-state index in [1.807, 2.05) is 0 Å². The molecule has 0 aliphatic carbocycles. The maximum atomic E-state index is 12.5. The summed E-state index contributed by atoms with van der Waals surface area (Å²) in [4.78, 5) is 37.5. The van der Waals surface area contributed by atoms with Gasteiger partial charge in [-0.15, -0.1) is 0 Å². The summed E-state index contributed by atoms with van der Waals surface area (Å²) in [7, 11) is 2.93. The van der Waals surface area contributed by atoms with Gasteiger partial charge in [0.25, 0.3) is 0 Å². The van der Waals surface area contributed by atoms with Crippen molar-refractivity contribution in [2.45, 2.75) is 0 Å². The van der Waals surface area contributed by atoms with Crippen LogP contribution in [-0.4, -0.2) is 57.1 Å². The molecule has 0 aliphatic rings. The van der Waals surface area contributed by atoms with Gasteiger partial charge in [0.2, 0.25) is 0 Å². The molecular formula is C14H19N3O4. The molecular weight excluding hydrogens is 274 g/mol. The number of amides is 4. The molecule has 7 heteroatoms. The Bertz CT molecular complexity index is 478. The molecule has 0 unspecified atom stereocenters. The highest BCUT2D eigenvalue weighted by atomic mass is 16.5. The quantitative estimate of drug-likeness (QED) is 0.797. The molecule has 0 bridgehead atoms. The monoisotopic (exact) mass is 293 g/mol. The summed E-state index contributed by atoms with van der Waals surface area (Å²) in [6, 6.07) is 7.36. The van der Waals surface area contributed by atoms with Crippen LogP contribution in [0.25, 0.3) is 0 Å². The van der Waals surface area contributed by atoms with Gasteiger partial charge < -0.3 is 19.7 Å². The number of urea groups is 2. The number of carbonyl (C=O) groups excluding carboxylic acids is 3. The average molecular weight is 293 g/mol. The molecule has 7 nitrogen and oxygen atoms in total. The molecule has 4 amide bonds. The number of ether oxygens (including phenoxy) is 1. The van der Waals surface area contributed by atoms with Crippen LogP contribution >= 0.6 is 0 Å². The van der Waals surface area contributed by atoms with Crippen LogP contribution in [0.4, 0.5) is 15.3 Å². The Morgan fingerprint density at radius 1 is 1.29 bits per heavy atom. The van der Waals surface area contributed by atoms with E-state index in [2.05, 4.69) is 5.32 Å². The number of carbonyl (C=O) groups is 3. The Kier molecular flexibility index (Phi) is 6.90. The van der Waals surface area contributed by atoms with E-state index >= 15 is 0 Å². The lowest BCUT2D eigenvalue weighted by Crippen LogP contribution is -2.51. The van der Waals surface area contributed by atoms with Gasteiger partial charge in [-0.2, -0.15) is 0 Å². The van der Waals surface area contributed by atoms with E-state index in [4.69, 9.17) is 4.74 Å². The lowest BCUT2D eigenvalue weighted by atomic mass is 10.3. The Balaban J connectivity index is 3.03. The molecule has 114 valence electrons. The van der Waals surface area contributed by atoms with Crippen LogP contribution in [-0.2, 0) is 9.53 Å². The van der Waals surface area contributed by atoms with E-state index in [9.17, 15) is 14.4 Å². The standard InChI is InChI=1S/C14H19N3O4/c1-15-13(19)17(12-6-4-3-5-7-12)14(20)16(8-10-18)9-11-21-2/h3-7,10H,8-9,11H2,1-2H3,(H,15,19). The number of rotatable bonds is 6. The summed E-state index contributed by atoms with van der Waals surface area (Å²) in [5.74, 6) is 0. The number of benzene rings is 1. The van der Waals surface area contributed by atoms with Crippen molar-refractivity contribution < 1.29 is 19.1 Å². The second kappa shape index (κ2) is 8.70. The topological polar surface area (TPSA) is 79.0 Å². The molecule has 0 saturated heterocycles.